The van der Waals surface area contributed by atoms with Gasteiger partial charge in [0, 0.05) is 6.21 Å². The molecule has 0 radical (unpaired) electrons. The van der Waals surface area contributed by atoms with Gasteiger partial charge in [0.1, 0.15) is 0 Å². The number of hydrogen-bond acceptors (Lipinski definition) is 3. The molecule has 0 aromatic rings. The lowest BCUT2D eigenvalue weighted by molar-refractivity contribution is 0.320. The largest absolute Gasteiger partial charge is 0.411 e. The molecule has 0 saturated carbocycles. The van der Waals surface area contributed by atoms with Gasteiger partial charge in [-0.3, -0.25) is 0 Å². The predicted octanol–water partition coefficient (Wildman–Crippen LogP) is 1.45. The maximum Gasteiger partial charge on any atom is 0.0433 e. The molecule has 0 unspecified atom stereocenters. The Hall–Kier alpha value is -0.0100. The molecule has 2 nitrogen and oxygen atoms in total. The minimum Gasteiger partial charge on any atom is -0.411 e. The van der Waals surface area contributed by atoms with Gasteiger partial charge in [-0.15, -0.1) is 5.16 Å². The average molecular weight is 137 g/mol. The summed E-state index contributed by atoms with van der Waals surface area (Å²) < 4.78 is 0. The predicted molar refractivity (Wildman–Crippen MR) is 36.2 cm³/mol. The van der Waals surface area contributed by atoms with Crippen molar-refractivity contribution in [3.05, 3.63) is 0 Å². The van der Waals surface area contributed by atoms with Crippen LogP contribution in [0.2, 0.25) is 0 Å². The van der Waals surface area contributed by atoms with E-state index in [2.05, 4.69) is 25.0 Å². The molecule has 4 heteroatoms. The number of hydrogen-bond donors (Lipinski definition) is 1. The first-order chi connectivity index (χ1) is 3.41. The summed E-state index contributed by atoms with van der Waals surface area (Å²) in [5.41, 5.74) is 0. The fourth-order valence-electron chi connectivity index (χ4n) is 0.0816. The first kappa shape index (κ1) is 10.1. The number of oxime groups is 1. The van der Waals surface area contributed by atoms with E-state index in [-0.39, 0.29) is 0 Å². The maximum absolute atomic E-state index is 7.64. The average Bonchev–Trinajstić information content (AvgIpc) is 1.75. The van der Waals surface area contributed by atoms with E-state index in [0.29, 0.717) is 0 Å². The molecule has 1 N–H and O–H groups in total. The highest BCUT2D eigenvalue weighted by Gasteiger charge is 1.55. The third-order valence-electron chi connectivity index (χ3n) is 0.264. The molecule has 0 fully saturated rings. The van der Waals surface area contributed by atoms with E-state index in [1.165, 1.54) is 6.21 Å². The maximum atomic E-state index is 7.64. The Balaban J connectivity index is 0. The Morgan fingerprint density at radius 3 is 2.29 bits per heavy atom. The first-order valence-electron chi connectivity index (χ1n) is 1.78. The van der Waals surface area contributed by atoms with E-state index in [0.717, 1.165) is 6.42 Å². The molecule has 0 aliphatic heterocycles. The van der Waals surface area contributed by atoms with Gasteiger partial charge < -0.3 is 5.21 Å². The molecule has 0 amide bonds. The zero-order valence-corrected chi connectivity index (χ0v) is 5.90. The Labute approximate surface area is 50.5 Å². The highest BCUT2D eigenvalue weighted by molar-refractivity contribution is 7.88. The van der Waals surface area contributed by atoms with Crippen LogP contribution >= 0.6 is 8.02 Å². The monoisotopic (exact) mass is 137 g/mol. The fourth-order valence-corrected chi connectivity index (χ4v) is 0.0816. The van der Waals surface area contributed by atoms with Gasteiger partial charge in [0.15, 0.2) is 0 Å². The topological polar surface area (TPSA) is 32.6 Å². The third kappa shape index (κ3) is 24.1. The van der Waals surface area contributed by atoms with Crippen molar-refractivity contribution < 1.29 is 5.21 Å². The van der Waals surface area contributed by atoms with Gasteiger partial charge in [-0.25, -0.2) is 0 Å². The highest BCUT2D eigenvalue weighted by atomic mass is 32.4. The molecule has 0 atom stereocenters. The summed E-state index contributed by atoms with van der Waals surface area (Å²) in [6.07, 6.45) is 2.23. The quantitative estimate of drug-likeness (QED) is 0.257. The SMILES string of the molecule is CCC=NO.P=S. The van der Waals surface area contributed by atoms with Crippen LogP contribution in [0.1, 0.15) is 13.3 Å². The molecule has 0 aromatic carbocycles. The fraction of sp³-hybridized carbons (Fsp3) is 0.667. The molecule has 0 aliphatic rings. The molecule has 0 rings (SSSR count). The van der Waals surface area contributed by atoms with Crippen molar-refractivity contribution in [3.8, 4) is 0 Å². The molecule has 0 saturated heterocycles. The first-order valence-corrected chi connectivity index (χ1v) is 3.41. The van der Waals surface area contributed by atoms with Crippen molar-refractivity contribution in [2.24, 2.45) is 5.16 Å². The molecule has 0 bridgehead atoms. The minimum atomic E-state index is 0.802. The van der Waals surface area contributed by atoms with Gasteiger partial charge in [-0.05, 0) is 14.4 Å². The molecule has 0 aromatic heterocycles. The van der Waals surface area contributed by atoms with Crippen molar-refractivity contribution in [2.45, 2.75) is 13.3 Å². The van der Waals surface area contributed by atoms with Crippen LogP contribution in [0, 0.1) is 0 Å². The molecule has 0 spiro atoms. The molecule has 42 valence electrons. The van der Waals surface area contributed by atoms with Crippen LogP contribution in [0.4, 0.5) is 0 Å². The summed E-state index contributed by atoms with van der Waals surface area (Å²) in [7, 11) is 2.56. The normalized spacial score (nSPS) is 7.57. The lowest BCUT2D eigenvalue weighted by atomic mass is 10.6. The summed E-state index contributed by atoms with van der Waals surface area (Å²) in [6.45, 7) is 1.90. The van der Waals surface area contributed by atoms with Crippen molar-refractivity contribution in [2.75, 3.05) is 0 Å². The summed E-state index contributed by atoms with van der Waals surface area (Å²) >= 11 is 3.89. The van der Waals surface area contributed by atoms with Crippen LogP contribution in [0.5, 0.6) is 0 Å². The molecule has 7 heavy (non-hydrogen) atoms. The molecular formula is C3H8NOPS. The van der Waals surface area contributed by atoms with E-state index >= 15 is 0 Å². The van der Waals surface area contributed by atoms with Crippen LogP contribution in [-0.2, 0) is 11.8 Å². The van der Waals surface area contributed by atoms with Crippen molar-refractivity contribution >= 4 is 26.0 Å². The standard InChI is InChI=1S/C3H7NO.HPS/c1-2-3-4-5;1-2/h3,5H,2H2,1H3;1H. The zero-order valence-electron chi connectivity index (χ0n) is 4.09. The minimum absolute atomic E-state index is 0.802. The van der Waals surface area contributed by atoms with Crippen LogP contribution in [0.15, 0.2) is 5.16 Å². The van der Waals surface area contributed by atoms with E-state index in [1.54, 1.807) is 0 Å². The summed E-state index contributed by atoms with van der Waals surface area (Å²) in [4.78, 5) is 0. The lowest BCUT2D eigenvalue weighted by Gasteiger charge is -1.64. The summed E-state index contributed by atoms with van der Waals surface area (Å²) in [5.74, 6) is 0. The van der Waals surface area contributed by atoms with Gasteiger partial charge in [-0.1, -0.05) is 18.7 Å². The van der Waals surface area contributed by atoms with Gasteiger partial charge in [-0.2, -0.15) is 0 Å². The van der Waals surface area contributed by atoms with E-state index < -0.39 is 0 Å². The van der Waals surface area contributed by atoms with Crippen LogP contribution in [-0.4, -0.2) is 11.4 Å². The Kier molecular flexibility index (Phi) is 24.0. The van der Waals surface area contributed by atoms with Gasteiger partial charge in [0.05, 0.1) is 0 Å². The zero-order chi connectivity index (χ0) is 6.12. The van der Waals surface area contributed by atoms with Gasteiger partial charge >= 0.3 is 0 Å². The van der Waals surface area contributed by atoms with Crippen molar-refractivity contribution in [1.29, 1.82) is 0 Å². The van der Waals surface area contributed by atoms with E-state index in [4.69, 9.17) is 5.21 Å². The second-order valence-electron chi connectivity index (χ2n) is 0.706. The second kappa shape index (κ2) is 16.7. The molecule has 0 heterocycles. The Bertz CT molecular complexity index is 50.2. The van der Waals surface area contributed by atoms with Crippen molar-refractivity contribution in [3.63, 3.8) is 0 Å². The van der Waals surface area contributed by atoms with E-state index in [9.17, 15) is 0 Å². The lowest BCUT2D eigenvalue weighted by Crippen LogP contribution is -1.61. The van der Waals surface area contributed by atoms with Gasteiger partial charge in [0.25, 0.3) is 0 Å². The third-order valence-corrected chi connectivity index (χ3v) is 0.264. The summed E-state index contributed by atoms with van der Waals surface area (Å²) in [6, 6.07) is 0. The highest BCUT2D eigenvalue weighted by Crippen LogP contribution is 1.60. The van der Waals surface area contributed by atoms with Crippen molar-refractivity contribution in [1.82, 2.24) is 0 Å². The number of nitrogens with zero attached hydrogens (tertiary/aromatic N) is 1. The second-order valence-corrected chi connectivity index (χ2v) is 0.706. The van der Waals surface area contributed by atoms with Crippen LogP contribution < -0.4 is 0 Å². The van der Waals surface area contributed by atoms with E-state index in [1.807, 2.05) is 6.92 Å². The van der Waals surface area contributed by atoms with Gasteiger partial charge in [0.2, 0.25) is 0 Å². The van der Waals surface area contributed by atoms with Crippen LogP contribution in [0.3, 0.4) is 0 Å². The summed E-state index contributed by atoms with van der Waals surface area (Å²) in [5, 5.41) is 10.4. The van der Waals surface area contributed by atoms with Crippen LogP contribution in [0.25, 0.3) is 0 Å². The Morgan fingerprint density at radius 2 is 2.29 bits per heavy atom. The molecular weight excluding hydrogens is 129 g/mol. The molecule has 0 aliphatic carbocycles. The smallest absolute Gasteiger partial charge is 0.0433 e. The Morgan fingerprint density at radius 1 is 1.86 bits per heavy atom. The number of rotatable bonds is 1.